The van der Waals surface area contributed by atoms with Crippen LogP contribution < -0.4 is 5.73 Å². The number of nitrogens with two attached hydrogens (primary N) is 1. The Balaban J connectivity index is 4.78. The third-order valence-corrected chi connectivity index (χ3v) is 2.17. The van der Waals surface area contributed by atoms with E-state index in [1.165, 1.54) is 9.80 Å². The Morgan fingerprint density at radius 3 is 2.06 bits per heavy atom. The average Bonchev–Trinajstić information content (AvgIpc) is 2.20. The van der Waals surface area contributed by atoms with Crippen LogP contribution in [0.4, 0.5) is 4.79 Å². The lowest BCUT2D eigenvalue weighted by Crippen LogP contribution is -2.50. The summed E-state index contributed by atoms with van der Waals surface area (Å²) in [6, 6.07) is -0.760. The second-order valence-electron chi connectivity index (χ2n) is 3.88. The molecule has 0 aromatic heterocycles. The molecule has 98 valence electrons. The Kier molecular flexibility index (Phi) is 6.01. The molecule has 0 aromatic carbocycles. The average molecular weight is 245 g/mol. The van der Waals surface area contributed by atoms with Gasteiger partial charge in [-0.3, -0.25) is 9.59 Å². The molecule has 0 spiro atoms. The lowest BCUT2D eigenvalue weighted by Gasteiger charge is -2.30. The van der Waals surface area contributed by atoms with Crippen molar-refractivity contribution in [1.82, 2.24) is 9.80 Å². The van der Waals surface area contributed by atoms with Crippen LogP contribution in [0.25, 0.3) is 0 Å². The van der Waals surface area contributed by atoms with E-state index in [2.05, 4.69) is 0 Å². The van der Waals surface area contributed by atoms with Gasteiger partial charge in [-0.2, -0.15) is 0 Å². The number of hydrogen-bond acceptors (Lipinski definition) is 3. The van der Waals surface area contributed by atoms with Crippen molar-refractivity contribution in [2.45, 2.75) is 26.8 Å². The standard InChI is InChI=1S/C10H19N3O4/c1-4-12(5-8(11)14)10(17)13(7(2)3)6-9(15)16/h7H,4-6H2,1-3H3,(H2,11,14)(H,15,16). The number of urea groups is 1. The van der Waals surface area contributed by atoms with Gasteiger partial charge in [0.1, 0.15) is 13.1 Å². The Morgan fingerprint density at radius 1 is 1.24 bits per heavy atom. The molecule has 7 nitrogen and oxygen atoms in total. The summed E-state index contributed by atoms with van der Waals surface area (Å²) in [6.45, 7) is 4.80. The largest absolute Gasteiger partial charge is 0.480 e. The number of primary amides is 1. The first kappa shape index (κ1) is 15.2. The molecule has 0 heterocycles. The zero-order valence-corrected chi connectivity index (χ0v) is 10.3. The Morgan fingerprint density at radius 2 is 1.76 bits per heavy atom. The zero-order valence-electron chi connectivity index (χ0n) is 10.3. The van der Waals surface area contributed by atoms with Crippen molar-refractivity contribution in [2.24, 2.45) is 5.73 Å². The van der Waals surface area contributed by atoms with Crippen molar-refractivity contribution in [1.29, 1.82) is 0 Å². The van der Waals surface area contributed by atoms with Crippen LogP contribution in [0.15, 0.2) is 0 Å². The van der Waals surface area contributed by atoms with E-state index in [9.17, 15) is 14.4 Å². The number of carbonyl (C=O) groups excluding carboxylic acids is 2. The molecule has 0 saturated heterocycles. The van der Waals surface area contributed by atoms with Crippen molar-refractivity contribution in [3.05, 3.63) is 0 Å². The predicted octanol–water partition coefficient (Wildman–Crippen LogP) is -0.291. The van der Waals surface area contributed by atoms with Gasteiger partial charge in [0.2, 0.25) is 5.91 Å². The van der Waals surface area contributed by atoms with Gasteiger partial charge in [0.25, 0.3) is 0 Å². The molecule has 0 fully saturated rings. The van der Waals surface area contributed by atoms with Gasteiger partial charge in [-0.25, -0.2) is 4.79 Å². The van der Waals surface area contributed by atoms with Crippen molar-refractivity contribution in [3.8, 4) is 0 Å². The van der Waals surface area contributed by atoms with Gasteiger partial charge in [0, 0.05) is 12.6 Å². The molecular weight excluding hydrogens is 226 g/mol. The fraction of sp³-hybridized carbons (Fsp3) is 0.700. The van der Waals surface area contributed by atoms with E-state index < -0.39 is 24.5 Å². The van der Waals surface area contributed by atoms with Gasteiger partial charge in [-0.1, -0.05) is 0 Å². The summed E-state index contributed by atoms with van der Waals surface area (Å²) in [7, 11) is 0. The normalized spacial score (nSPS) is 10.1. The van der Waals surface area contributed by atoms with E-state index in [1.807, 2.05) is 0 Å². The smallest absolute Gasteiger partial charge is 0.323 e. The number of aliphatic carboxylic acids is 1. The fourth-order valence-electron chi connectivity index (χ4n) is 1.30. The van der Waals surface area contributed by atoms with Gasteiger partial charge in [0.05, 0.1) is 0 Å². The molecule has 0 unspecified atom stereocenters. The van der Waals surface area contributed by atoms with Crippen molar-refractivity contribution in [2.75, 3.05) is 19.6 Å². The number of carboxylic acid groups (broad SMARTS) is 1. The highest BCUT2D eigenvalue weighted by atomic mass is 16.4. The number of rotatable bonds is 6. The summed E-state index contributed by atoms with van der Waals surface area (Å²) in [5.41, 5.74) is 5.02. The van der Waals surface area contributed by atoms with Crippen molar-refractivity contribution < 1.29 is 19.5 Å². The first-order valence-electron chi connectivity index (χ1n) is 5.35. The molecule has 17 heavy (non-hydrogen) atoms. The Hall–Kier alpha value is -1.79. The van der Waals surface area contributed by atoms with Gasteiger partial charge < -0.3 is 20.6 Å². The molecule has 7 heteroatoms. The van der Waals surface area contributed by atoms with Crippen molar-refractivity contribution >= 4 is 17.9 Å². The molecule has 3 amide bonds. The van der Waals surface area contributed by atoms with Crippen LogP contribution in [0.5, 0.6) is 0 Å². The first-order valence-corrected chi connectivity index (χ1v) is 5.35. The maximum Gasteiger partial charge on any atom is 0.323 e. The quantitative estimate of drug-likeness (QED) is 0.670. The lowest BCUT2D eigenvalue weighted by molar-refractivity contribution is -0.138. The van der Waals surface area contributed by atoms with Gasteiger partial charge in [-0.15, -0.1) is 0 Å². The van der Waals surface area contributed by atoms with Crippen LogP contribution in [0, 0.1) is 0 Å². The van der Waals surface area contributed by atoms with Crippen LogP contribution >= 0.6 is 0 Å². The maximum atomic E-state index is 12.0. The van der Waals surface area contributed by atoms with E-state index in [-0.39, 0.29) is 12.6 Å². The minimum absolute atomic E-state index is 0.210. The van der Waals surface area contributed by atoms with Crippen LogP contribution in [-0.4, -0.2) is 58.5 Å². The third-order valence-electron chi connectivity index (χ3n) is 2.17. The topological polar surface area (TPSA) is 104 Å². The fourth-order valence-corrected chi connectivity index (χ4v) is 1.30. The van der Waals surface area contributed by atoms with Crippen molar-refractivity contribution in [3.63, 3.8) is 0 Å². The van der Waals surface area contributed by atoms with E-state index in [0.29, 0.717) is 6.54 Å². The highest BCUT2D eigenvalue weighted by Gasteiger charge is 2.24. The second kappa shape index (κ2) is 6.72. The molecule has 0 aromatic rings. The van der Waals surface area contributed by atoms with Crippen LogP contribution in [0.3, 0.4) is 0 Å². The SMILES string of the molecule is CCN(CC(N)=O)C(=O)N(CC(=O)O)C(C)C. The molecule has 0 aliphatic carbocycles. The number of carbonyl (C=O) groups is 3. The lowest BCUT2D eigenvalue weighted by atomic mass is 10.3. The minimum atomic E-state index is -1.10. The van der Waals surface area contributed by atoms with E-state index in [4.69, 9.17) is 10.8 Å². The van der Waals surface area contributed by atoms with Gasteiger partial charge in [0.15, 0.2) is 0 Å². The maximum absolute atomic E-state index is 12.0. The molecule has 0 atom stereocenters. The second-order valence-corrected chi connectivity index (χ2v) is 3.88. The van der Waals surface area contributed by atoms with E-state index in [0.717, 1.165) is 0 Å². The summed E-state index contributed by atoms with van der Waals surface area (Å²) >= 11 is 0. The van der Waals surface area contributed by atoms with Crippen LogP contribution in [0.1, 0.15) is 20.8 Å². The molecule has 0 aliphatic rings. The summed E-state index contributed by atoms with van der Waals surface area (Å²) in [4.78, 5) is 35.8. The zero-order chi connectivity index (χ0) is 13.6. The number of nitrogens with zero attached hydrogens (tertiary/aromatic N) is 2. The van der Waals surface area contributed by atoms with E-state index in [1.54, 1.807) is 20.8 Å². The molecule has 0 aliphatic heterocycles. The summed E-state index contributed by atoms with van der Waals surface area (Å²) in [5.74, 6) is -1.72. The molecule has 0 radical (unpaired) electrons. The summed E-state index contributed by atoms with van der Waals surface area (Å²) in [6.07, 6.45) is 0. The van der Waals surface area contributed by atoms with Crippen LogP contribution in [-0.2, 0) is 9.59 Å². The number of carboxylic acids is 1. The predicted molar refractivity (Wildman–Crippen MR) is 61.3 cm³/mol. The summed E-state index contributed by atoms with van der Waals surface area (Å²) < 4.78 is 0. The molecule has 0 bridgehead atoms. The molecule has 0 saturated carbocycles. The highest BCUT2D eigenvalue weighted by Crippen LogP contribution is 2.04. The molecule has 3 N–H and O–H groups in total. The minimum Gasteiger partial charge on any atom is -0.480 e. The van der Waals surface area contributed by atoms with Crippen LogP contribution in [0.2, 0.25) is 0 Å². The number of likely N-dealkylation sites (N-methyl/N-ethyl adjacent to an activating group) is 1. The Labute approximate surface area is 100 Å². The summed E-state index contributed by atoms with van der Waals surface area (Å²) in [5, 5.41) is 8.71. The number of amides is 3. The van der Waals surface area contributed by atoms with E-state index >= 15 is 0 Å². The monoisotopic (exact) mass is 245 g/mol. The molecule has 0 rings (SSSR count). The Bertz CT molecular complexity index is 304. The van der Waals surface area contributed by atoms with Gasteiger partial charge in [-0.05, 0) is 20.8 Å². The highest BCUT2D eigenvalue weighted by molar-refractivity contribution is 5.85. The first-order chi connectivity index (χ1) is 7.79. The third kappa shape index (κ3) is 5.19. The number of hydrogen-bond donors (Lipinski definition) is 2. The molecular formula is C10H19N3O4. The van der Waals surface area contributed by atoms with Gasteiger partial charge >= 0.3 is 12.0 Å².